The predicted octanol–water partition coefficient (Wildman–Crippen LogP) is 5.56. The van der Waals surface area contributed by atoms with Crippen molar-refractivity contribution >= 4 is 0 Å². The highest BCUT2D eigenvalue weighted by atomic mass is 16.5. The van der Waals surface area contributed by atoms with Crippen molar-refractivity contribution in [3.63, 3.8) is 0 Å². The molecule has 0 spiro atoms. The number of nitrogens with one attached hydrogen (secondary N) is 1. The van der Waals surface area contributed by atoms with E-state index in [4.69, 9.17) is 4.74 Å². The van der Waals surface area contributed by atoms with E-state index in [0.29, 0.717) is 0 Å². The van der Waals surface area contributed by atoms with Crippen LogP contribution in [0.4, 0.5) is 0 Å². The van der Waals surface area contributed by atoms with Crippen molar-refractivity contribution in [3.05, 3.63) is 29.8 Å². The molecule has 2 heteroatoms. The Morgan fingerprint density at radius 3 is 2.10 bits per heavy atom. The zero-order valence-corrected chi connectivity index (χ0v) is 14.6. The lowest BCUT2D eigenvalue weighted by atomic mass is 10.1. The van der Waals surface area contributed by atoms with Crippen LogP contribution >= 0.6 is 0 Å². The molecule has 0 saturated carbocycles. The van der Waals surface area contributed by atoms with Gasteiger partial charge in [0.2, 0.25) is 0 Å². The monoisotopic (exact) mass is 293 g/mol. The van der Waals surface area contributed by atoms with E-state index in [-0.39, 0.29) is 0 Å². The van der Waals surface area contributed by atoms with Crippen LogP contribution in [0.2, 0.25) is 0 Å². The summed E-state index contributed by atoms with van der Waals surface area (Å²) in [6.07, 6.45) is 8.15. The standard InChI is InChI=1S/C17H29NO.C2H6/c1-3-5-6-7-8-9-14-18-15-16-10-12-17(13-11-16)19-4-2;1-2/h10-13,18H,3-9,14-15H2,1-2H3;1-2H3. The van der Waals surface area contributed by atoms with E-state index in [1.165, 1.54) is 44.1 Å². The molecule has 0 bridgehead atoms. The molecule has 21 heavy (non-hydrogen) atoms. The number of hydrogen-bond donors (Lipinski definition) is 1. The SMILES string of the molecule is CC.CCCCCCCCNCc1ccc(OCC)cc1. The van der Waals surface area contributed by atoms with Crippen LogP contribution in [0.3, 0.4) is 0 Å². The van der Waals surface area contributed by atoms with Gasteiger partial charge in [0, 0.05) is 6.54 Å². The summed E-state index contributed by atoms with van der Waals surface area (Å²) in [7, 11) is 0. The second-order valence-electron chi connectivity index (χ2n) is 5.02. The lowest BCUT2D eigenvalue weighted by molar-refractivity contribution is 0.340. The van der Waals surface area contributed by atoms with Crippen LogP contribution in [-0.2, 0) is 6.54 Å². The van der Waals surface area contributed by atoms with Crippen molar-refractivity contribution in [1.29, 1.82) is 0 Å². The fourth-order valence-electron chi connectivity index (χ4n) is 2.13. The highest BCUT2D eigenvalue weighted by Crippen LogP contribution is 2.11. The molecule has 1 rings (SSSR count). The van der Waals surface area contributed by atoms with Gasteiger partial charge in [0.25, 0.3) is 0 Å². The maximum absolute atomic E-state index is 5.43. The number of rotatable bonds is 11. The first-order valence-corrected chi connectivity index (χ1v) is 8.79. The van der Waals surface area contributed by atoms with Gasteiger partial charge in [0.1, 0.15) is 5.75 Å². The van der Waals surface area contributed by atoms with Crippen molar-refractivity contribution in [1.82, 2.24) is 5.32 Å². The summed E-state index contributed by atoms with van der Waals surface area (Å²) < 4.78 is 5.43. The Balaban J connectivity index is 0.00000191. The average molecular weight is 293 g/mol. The largest absolute Gasteiger partial charge is 0.494 e. The van der Waals surface area contributed by atoms with E-state index in [1.807, 2.05) is 32.9 Å². The molecule has 2 nitrogen and oxygen atoms in total. The summed E-state index contributed by atoms with van der Waals surface area (Å²) in [5, 5.41) is 3.50. The number of hydrogen-bond acceptors (Lipinski definition) is 2. The molecule has 0 heterocycles. The van der Waals surface area contributed by atoms with Crippen LogP contribution in [0.5, 0.6) is 5.75 Å². The van der Waals surface area contributed by atoms with Crippen molar-refractivity contribution in [2.24, 2.45) is 0 Å². The minimum atomic E-state index is 0.732. The smallest absolute Gasteiger partial charge is 0.119 e. The highest BCUT2D eigenvalue weighted by molar-refractivity contribution is 5.27. The lowest BCUT2D eigenvalue weighted by Crippen LogP contribution is -2.14. The van der Waals surface area contributed by atoms with Crippen molar-refractivity contribution in [2.45, 2.75) is 72.8 Å². The zero-order chi connectivity index (χ0) is 15.8. The maximum atomic E-state index is 5.43. The van der Waals surface area contributed by atoms with E-state index in [0.717, 1.165) is 25.4 Å². The third kappa shape index (κ3) is 11.3. The van der Waals surface area contributed by atoms with E-state index >= 15 is 0 Å². The van der Waals surface area contributed by atoms with Gasteiger partial charge in [-0.25, -0.2) is 0 Å². The molecule has 0 saturated heterocycles. The normalized spacial score (nSPS) is 9.90. The van der Waals surface area contributed by atoms with Gasteiger partial charge in [-0.3, -0.25) is 0 Å². The van der Waals surface area contributed by atoms with Crippen molar-refractivity contribution in [2.75, 3.05) is 13.2 Å². The molecule has 0 aliphatic rings. The molecule has 0 unspecified atom stereocenters. The number of ether oxygens (including phenoxy) is 1. The Kier molecular flexibility index (Phi) is 14.6. The maximum Gasteiger partial charge on any atom is 0.119 e. The molecular formula is C19H35NO. The van der Waals surface area contributed by atoms with Gasteiger partial charge in [-0.05, 0) is 37.6 Å². The van der Waals surface area contributed by atoms with Gasteiger partial charge in [0.05, 0.1) is 6.61 Å². The van der Waals surface area contributed by atoms with Crippen LogP contribution in [0.25, 0.3) is 0 Å². The Morgan fingerprint density at radius 2 is 1.48 bits per heavy atom. The molecule has 0 radical (unpaired) electrons. The van der Waals surface area contributed by atoms with E-state index in [2.05, 4.69) is 24.4 Å². The molecular weight excluding hydrogens is 258 g/mol. The van der Waals surface area contributed by atoms with E-state index in [9.17, 15) is 0 Å². The molecule has 0 fully saturated rings. The average Bonchev–Trinajstić information content (AvgIpc) is 2.54. The van der Waals surface area contributed by atoms with Crippen LogP contribution in [0.1, 0.15) is 71.8 Å². The van der Waals surface area contributed by atoms with E-state index < -0.39 is 0 Å². The van der Waals surface area contributed by atoms with Crippen molar-refractivity contribution in [3.8, 4) is 5.75 Å². The summed E-state index contributed by atoms with van der Waals surface area (Å²) in [4.78, 5) is 0. The molecule has 0 amide bonds. The summed E-state index contributed by atoms with van der Waals surface area (Å²) >= 11 is 0. The van der Waals surface area contributed by atoms with Gasteiger partial charge >= 0.3 is 0 Å². The Hall–Kier alpha value is -1.02. The molecule has 0 aliphatic carbocycles. The van der Waals surface area contributed by atoms with Crippen LogP contribution in [-0.4, -0.2) is 13.2 Å². The fourth-order valence-corrected chi connectivity index (χ4v) is 2.13. The second-order valence-corrected chi connectivity index (χ2v) is 5.02. The summed E-state index contributed by atoms with van der Waals surface area (Å²) in [6, 6.07) is 8.37. The molecule has 1 N–H and O–H groups in total. The first-order chi connectivity index (χ1) is 10.4. The molecule has 1 aromatic rings. The van der Waals surface area contributed by atoms with Crippen LogP contribution in [0, 0.1) is 0 Å². The minimum absolute atomic E-state index is 0.732. The van der Waals surface area contributed by atoms with Crippen LogP contribution < -0.4 is 10.1 Å². The molecule has 0 atom stereocenters. The minimum Gasteiger partial charge on any atom is -0.494 e. The molecule has 1 aromatic carbocycles. The topological polar surface area (TPSA) is 21.3 Å². The van der Waals surface area contributed by atoms with Crippen molar-refractivity contribution < 1.29 is 4.74 Å². The summed E-state index contributed by atoms with van der Waals surface area (Å²) in [5.41, 5.74) is 1.33. The first-order valence-electron chi connectivity index (χ1n) is 8.79. The third-order valence-electron chi connectivity index (χ3n) is 3.27. The Labute approximate surface area is 132 Å². The van der Waals surface area contributed by atoms with Gasteiger partial charge in [-0.2, -0.15) is 0 Å². The number of benzene rings is 1. The third-order valence-corrected chi connectivity index (χ3v) is 3.27. The molecule has 0 aliphatic heterocycles. The van der Waals surface area contributed by atoms with Gasteiger partial charge in [-0.1, -0.05) is 65.0 Å². The lowest BCUT2D eigenvalue weighted by Gasteiger charge is -2.07. The van der Waals surface area contributed by atoms with Gasteiger partial charge in [0.15, 0.2) is 0 Å². The fraction of sp³-hybridized carbons (Fsp3) is 0.684. The van der Waals surface area contributed by atoms with Gasteiger partial charge < -0.3 is 10.1 Å². The Bertz CT molecular complexity index is 308. The quantitative estimate of drug-likeness (QED) is 0.539. The highest BCUT2D eigenvalue weighted by Gasteiger charge is 1.95. The van der Waals surface area contributed by atoms with Gasteiger partial charge in [-0.15, -0.1) is 0 Å². The Morgan fingerprint density at radius 1 is 0.857 bits per heavy atom. The molecule has 122 valence electrons. The summed E-state index contributed by atoms with van der Waals surface area (Å²) in [5.74, 6) is 0.960. The van der Waals surface area contributed by atoms with E-state index in [1.54, 1.807) is 0 Å². The molecule has 0 aromatic heterocycles. The second kappa shape index (κ2) is 15.4. The number of unbranched alkanes of at least 4 members (excludes halogenated alkanes) is 5. The predicted molar refractivity (Wildman–Crippen MR) is 94.0 cm³/mol. The first kappa shape index (κ1) is 20.0. The zero-order valence-electron chi connectivity index (χ0n) is 14.6. The summed E-state index contributed by atoms with van der Waals surface area (Å²) in [6.45, 7) is 11.1. The van der Waals surface area contributed by atoms with Crippen LogP contribution in [0.15, 0.2) is 24.3 Å².